The van der Waals surface area contributed by atoms with Crippen LogP contribution in [0.25, 0.3) is 0 Å². The van der Waals surface area contributed by atoms with E-state index >= 15 is 0 Å². The van der Waals surface area contributed by atoms with Crippen molar-refractivity contribution in [3.8, 4) is 5.75 Å². The summed E-state index contributed by atoms with van der Waals surface area (Å²) >= 11 is 0. The number of aliphatic carboxylic acids is 1. The predicted octanol–water partition coefficient (Wildman–Crippen LogP) is -2.01. The van der Waals surface area contributed by atoms with Crippen molar-refractivity contribution in [3.63, 3.8) is 0 Å². The summed E-state index contributed by atoms with van der Waals surface area (Å²) in [6.45, 7) is 3.24. The summed E-state index contributed by atoms with van der Waals surface area (Å²) in [4.78, 5) is 72.5. The van der Waals surface area contributed by atoms with Crippen molar-refractivity contribution in [2.45, 2.75) is 70.1 Å². The average Bonchev–Trinajstić information content (AvgIpc) is 2.83. The molecule has 1 aromatic rings. The second-order valence-corrected chi connectivity index (χ2v) is 9.18. The second kappa shape index (κ2) is 15.1. The van der Waals surface area contributed by atoms with Crippen molar-refractivity contribution in [1.82, 2.24) is 16.0 Å². The van der Waals surface area contributed by atoms with E-state index in [0.717, 1.165) is 0 Å². The molecule has 0 aliphatic carbocycles. The Bertz CT molecular complexity index is 1010. The van der Waals surface area contributed by atoms with E-state index in [9.17, 15) is 39.0 Å². The quantitative estimate of drug-likeness (QED) is 0.116. The number of carbonyl (C=O) groups excluding carboxylic acids is 5. The van der Waals surface area contributed by atoms with E-state index in [1.807, 2.05) is 0 Å². The van der Waals surface area contributed by atoms with Gasteiger partial charge in [-0.05, 0) is 36.5 Å². The van der Waals surface area contributed by atoms with Gasteiger partial charge in [-0.2, -0.15) is 0 Å². The lowest BCUT2D eigenvalue weighted by molar-refractivity contribution is -0.142. The summed E-state index contributed by atoms with van der Waals surface area (Å²) in [5.74, 6) is -5.57. The summed E-state index contributed by atoms with van der Waals surface area (Å²) < 4.78 is 0. The number of primary amides is 2. The highest BCUT2D eigenvalue weighted by molar-refractivity contribution is 5.94. The fraction of sp³-hybridized carbons (Fsp3) is 0.500. The molecule has 0 saturated carbocycles. The third-order valence-electron chi connectivity index (χ3n) is 5.59. The van der Waals surface area contributed by atoms with Crippen LogP contribution in [0.1, 0.15) is 45.1 Å². The number of rotatable bonds is 16. The normalized spacial score (nSPS) is 14.0. The van der Waals surface area contributed by atoms with E-state index in [2.05, 4.69) is 16.0 Å². The highest BCUT2D eigenvalue weighted by atomic mass is 16.4. The fourth-order valence-electron chi connectivity index (χ4n) is 3.38. The first-order valence-electron chi connectivity index (χ1n) is 11.9. The minimum absolute atomic E-state index is 0.000879. The molecule has 0 saturated heterocycles. The summed E-state index contributed by atoms with van der Waals surface area (Å²) in [5, 5.41) is 26.3. The Hall–Kier alpha value is -4.20. The van der Waals surface area contributed by atoms with Crippen LogP contribution in [0, 0.1) is 5.92 Å². The molecule has 0 fully saturated rings. The molecular weight excluding hydrogens is 500 g/mol. The van der Waals surface area contributed by atoms with Gasteiger partial charge in [0, 0.05) is 19.3 Å². The third kappa shape index (κ3) is 11.2. The lowest BCUT2D eigenvalue weighted by Crippen LogP contribution is -2.58. The molecule has 11 N–H and O–H groups in total. The van der Waals surface area contributed by atoms with Gasteiger partial charge in [0.15, 0.2) is 0 Å². The molecule has 0 radical (unpaired) electrons. The number of hydrogen-bond acceptors (Lipinski definition) is 8. The summed E-state index contributed by atoms with van der Waals surface area (Å²) in [6.07, 6.45) is -0.764. The zero-order chi connectivity index (χ0) is 29.0. The van der Waals surface area contributed by atoms with Gasteiger partial charge in [0.05, 0.1) is 6.04 Å². The summed E-state index contributed by atoms with van der Waals surface area (Å²) in [6, 6.07) is 0.807. The SMILES string of the molecule is CC(C)C(NC(=O)C(CCC(N)=O)NC(=O)C(N)CCC(N)=O)C(=O)NC(Cc1ccc(O)cc1)C(=O)O. The Morgan fingerprint density at radius 3 is 1.82 bits per heavy atom. The van der Waals surface area contributed by atoms with Crippen LogP contribution >= 0.6 is 0 Å². The van der Waals surface area contributed by atoms with Gasteiger partial charge in [0.25, 0.3) is 0 Å². The van der Waals surface area contributed by atoms with Crippen LogP contribution < -0.4 is 33.2 Å². The molecule has 0 bridgehead atoms. The maximum Gasteiger partial charge on any atom is 0.326 e. The van der Waals surface area contributed by atoms with Gasteiger partial charge in [0.1, 0.15) is 23.9 Å². The molecule has 0 aliphatic rings. The first-order chi connectivity index (χ1) is 17.7. The van der Waals surface area contributed by atoms with Crippen LogP contribution in [0.4, 0.5) is 0 Å². The Labute approximate surface area is 219 Å². The summed E-state index contributed by atoms with van der Waals surface area (Å²) in [5.41, 5.74) is 16.5. The van der Waals surface area contributed by atoms with Crippen molar-refractivity contribution in [1.29, 1.82) is 0 Å². The number of carboxylic acids is 1. The van der Waals surface area contributed by atoms with Crippen molar-refractivity contribution in [3.05, 3.63) is 29.8 Å². The smallest absolute Gasteiger partial charge is 0.326 e. The van der Waals surface area contributed by atoms with Gasteiger partial charge in [0.2, 0.25) is 29.5 Å². The number of phenolic OH excluding ortho intramolecular Hbond substituents is 1. The van der Waals surface area contributed by atoms with Crippen LogP contribution in [0.2, 0.25) is 0 Å². The lowest BCUT2D eigenvalue weighted by atomic mass is 10.00. The largest absolute Gasteiger partial charge is 0.508 e. The molecule has 4 atom stereocenters. The van der Waals surface area contributed by atoms with Gasteiger partial charge in [-0.25, -0.2) is 4.79 Å². The first-order valence-corrected chi connectivity index (χ1v) is 11.9. The third-order valence-corrected chi connectivity index (χ3v) is 5.59. The van der Waals surface area contributed by atoms with Gasteiger partial charge in [-0.1, -0.05) is 26.0 Å². The van der Waals surface area contributed by atoms with Crippen molar-refractivity contribution in [2.24, 2.45) is 23.1 Å². The fourth-order valence-corrected chi connectivity index (χ4v) is 3.38. The maximum absolute atomic E-state index is 13.0. The number of aromatic hydroxyl groups is 1. The van der Waals surface area contributed by atoms with Gasteiger partial charge in [-0.3, -0.25) is 24.0 Å². The van der Waals surface area contributed by atoms with Gasteiger partial charge < -0.3 is 43.4 Å². The van der Waals surface area contributed by atoms with Crippen LogP contribution in [0.15, 0.2) is 24.3 Å². The molecule has 4 unspecified atom stereocenters. The second-order valence-electron chi connectivity index (χ2n) is 9.18. The minimum Gasteiger partial charge on any atom is -0.508 e. The van der Waals surface area contributed by atoms with E-state index in [1.54, 1.807) is 13.8 Å². The van der Waals surface area contributed by atoms with Crippen LogP contribution in [-0.2, 0) is 35.2 Å². The van der Waals surface area contributed by atoms with Crippen LogP contribution in [-0.4, -0.2) is 69.9 Å². The van der Waals surface area contributed by atoms with E-state index in [0.29, 0.717) is 5.56 Å². The number of amides is 5. The summed E-state index contributed by atoms with van der Waals surface area (Å²) in [7, 11) is 0. The van der Waals surface area contributed by atoms with Crippen LogP contribution in [0.5, 0.6) is 5.75 Å². The zero-order valence-electron chi connectivity index (χ0n) is 21.3. The van der Waals surface area contributed by atoms with E-state index in [4.69, 9.17) is 17.2 Å². The first kappa shape index (κ1) is 31.8. The molecule has 0 spiro atoms. The Morgan fingerprint density at radius 2 is 1.32 bits per heavy atom. The number of phenols is 1. The predicted molar refractivity (Wildman–Crippen MR) is 135 cm³/mol. The van der Waals surface area contributed by atoms with Gasteiger partial charge >= 0.3 is 5.97 Å². The Kier molecular flexibility index (Phi) is 12.7. The topological polar surface area (TPSA) is 257 Å². The van der Waals surface area contributed by atoms with E-state index in [1.165, 1.54) is 24.3 Å². The maximum atomic E-state index is 13.0. The lowest BCUT2D eigenvalue weighted by Gasteiger charge is -2.27. The number of carboxylic acid groups (broad SMARTS) is 1. The number of hydrogen-bond donors (Lipinski definition) is 8. The Balaban J connectivity index is 2.98. The molecule has 0 aromatic heterocycles. The molecule has 0 heterocycles. The zero-order valence-corrected chi connectivity index (χ0v) is 21.3. The monoisotopic (exact) mass is 536 g/mol. The molecule has 5 amide bonds. The van der Waals surface area contributed by atoms with Crippen molar-refractivity contribution < 1.29 is 39.0 Å². The number of carbonyl (C=O) groups is 6. The minimum atomic E-state index is -1.33. The molecule has 14 nitrogen and oxygen atoms in total. The van der Waals surface area contributed by atoms with Gasteiger partial charge in [-0.15, -0.1) is 0 Å². The van der Waals surface area contributed by atoms with Crippen LogP contribution in [0.3, 0.4) is 0 Å². The highest BCUT2D eigenvalue weighted by Crippen LogP contribution is 2.12. The van der Waals surface area contributed by atoms with Crippen molar-refractivity contribution >= 4 is 35.5 Å². The molecular formula is C24H36N6O8. The molecule has 14 heteroatoms. The van der Waals surface area contributed by atoms with Crippen molar-refractivity contribution in [2.75, 3.05) is 0 Å². The Morgan fingerprint density at radius 1 is 0.789 bits per heavy atom. The molecule has 38 heavy (non-hydrogen) atoms. The number of benzene rings is 1. The van der Waals surface area contributed by atoms with E-state index in [-0.39, 0.29) is 37.9 Å². The molecule has 0 aliphatic heterocycles. The molecule has 1 aromatic carbocycles. The molecule has 1 rings (SSSR count). The molecule has 210 valence electrons. The average molecular weight is 537 g/mol. The standard InChI is InChI=1S/C24H36N6O8/c1-12(2)20(23(36)29-17(24(37)38)11-13-3-5-14(31)6-4-13)30-22(35)16(8-10-19(27)33)28-21(34)15(25)7-9-18(26)32/h3-6,12,15-17,20,31H,7-11,25H2,1-2H3,(H2,26,32)(H2,27,33)(H,28,34)(H,29,36)(H,30,35)(H,37,38). The van der Waals surface area contributed by atoms with E-state index < -0.39 is 65.6 Å². The number of nitrogens with two attached hydrogens (primary N) is 3. The highest BCUT2D eigenvalue weighted by Gasteiger charge is 2.32. The number of nitrogens with one attached hydrogen (secondary N) is 3.